The average molecular weight is 235 g/mol. The van der Waals surface area contributed by atoms with E-state index in [1.54, 1.807) is 0 Å². The standard InChI is InChI=1S/C14H15ClO/c15-9-3-1-2-5-12-7-8-14-13(11-12)6-4-10-16-14/h7-8,11H,1,3-4,6,9-10H2. The molecule has 2 heteroatoms. The molecule has 0 bridgehead atoms. The van der Waals surface area contributed by atoms with Gasteiger partial charge in [-0.3, -0.25) is 0 Å². The van der Waals surface area contributed by atoms with E-state index in [-0.39, 0.29) is 0 Å². The Kier molecular flexibility index (Phi) is 4.13. The van der Waals surface area contributed by atoms with Crippen molar-refractivity contribution in [2.75, 3.05) is 12.5 Å². The number of benzene rings is 1. The Bertz CT molecular complexity index is 414. The van der Waals surface area contributed by atoms with Crippen molar-refractivity contribution in [3.05, 3.63) is 29.3 Å². The summed E-state index contributed by atoms with van der Waals surface area (Å²) in [4.78, 5) is 0. The van der Waals surface area contributed by atoms with Gasteiger partial charge in [-0.2, -0.15) is 0 Å². The maximum atomic E-state index is 5.59. The Morgan fingerprint density at radius 2 is 2.31 bits per heavy atom. The maximum absolute atomic E-state index is 5.59. The molecular formula is C14H15ClO. The van der Waals surface area contributed by atoms with Crippen LogP contribution in [0, 0.1) is 11.8 Å². The number of fused-ring (bicyclic) bond motifs is 1. The van der Waals surface area contributed by atoms with Gasteiger partial charge in [-0.05, 0) is 43.0 Å². The largest absolute Gasteiger partial charge is 0.493 e. The number of rotatable bonds is 2. The highest BCUT2D eigenvalue weighted by Gasteiger charge is 2.09. The summed E-state index contributed by atoms with van der Waals surface area (Å²) in [7, 11) is 0. The molecule has 0 aliphatic carbocycles. The summed E-state index contributed by atoms with van der Waals surface area (Å²) in [5.41, 5.74) is 2.37. The second-order valence-electron chi connectivity index (χ2n) is 3.87. The van der Waals surface area contributed by atoms with Crippen LogP contribution in [0.1, 0.15) is 30.4 Å². The van der Waals surface area contributed by atoms with Gasteiger partial charge in [-0.1, -0.05) is 11.8 Å². The molecule has 1 aliphatic heterocycles. The normalized spacial score (nSPS) is 13.3. The topological polar surface area (TPSA) is 9.23 Å². The van der Waals surface area contributed by atoms with Gasteiger partial charge in [0.05, 0.1) is 6.61 Å². The van der Waals surface area contributed by atoms with Gasteiger partial charge in [-0.15, -0.1) is 11.6 Å². The molecule has 2 rings (SSSR count). The third-order valence-corrected chi connectivity index (χ3v) is 2.84. The molecule has 0 radical (unpaired) electrons. The summed E-state index contributed by atoms with van der Waals surface area (Å²) in [6.45, 7) is 0.841. The minimum Gasteiger partial charge on any atom is -0.493 e. The first-order valence-corrected chi connectivity index (χ1v) is 6.24. The van der Waals surface area contributed by atoms with E-state index >= 15 is 0 Å². The van der Waals surface area contributed by atoms with E-state index in [4.69, 9.17) is 16.3 Å². The molecule has 0 saturated carbocycles. The molecule has 16 heavy (non-hydrogen) atoms. The lowest BCUT2D eigenvalue weighted by Gasteiger charge is -2.16. The summed E-state index contributed by atoms with van der Waals surface area (Å²) < 4.78 is 5.56. The van der Waals surface area contributed by atoms with Crippen molar-refractivity contribution in [3.8, 4) is 17.6 Å². The third-order valence-electron chi connectivity index (χ3n) is 2.58. The maximum Gasteiger partial charge on any atom is 0.122 e. The second-order valence-corrected chi connectivity index (χ2v) is 4.25. The zero-order valence-corrected chi connectivity index (χ0v) is 10.0. The lowest BCUT2D eigenvalue weighted by Crippen LogP contribution is -2.08. The molecule has 1 aromatic carbocycles. The summed E-state index contributed by atoms with van der Waals surface area (Å²) in [6, 6.07) is 6.19. The average Bonchev–Trinajstić information content (AvgIpc) is 2.34. The smallest absolute Gasteiger partial charge is 0.122 e. The number of hydrogen-bond donors (Lipinski definition) is 0. The van der Waals surface area contributed by atoms with E-state index in [1.165, 1.54) is 5.56 Å². The van der Waals surface area contributed by atoms with Crippen LogP contribution in [0.2, 0.25) is 0 Å². The minimum absolute atomic E-state index is 0.687. The quantitative estimate of drug-likeness (QED) is 0.433. The molecule has 0 aromatic heterocycles. The Balaban J connectivity index is 2.07. The predicted octanol–water partition coefficient (Wildman–Crippen LogP) is 3.38. The molecule has 0 amide bonds. The zero-order chi connectivity index (χ0) is 11.2. The summed E-state index contributed by atoms with van der Waals surface area (Å²) in [5, 5.41) is 0. The van der Waals surface area contributed by atoms with E-state index in [0.29, 0.717) is 5.88 Å². The van der Waals surface area contributed by atoms with Crippen LogP contribution in [-0.4, -0.2) is 12.5 Å². The highest BCUT2D eigenvalue weighted by Crippen LogP contribution is 2.25. The van der Waals surface area contributed by atoms with Gasteiger partial charge in [-0.25, -0.2) is 0 Å². The lowest BCUT2D eigenvalue weighted by atomic mass is 10.0. The molecule has 1 aromatic rings. The molecule has 0 atom stereocenters. The van der Waals surface area contributed by atoms with Gasteiger partial charge in [0, 0.05) is 17.9 Å². The fraction of sp³-hybridized carbons (Fsp3) is 0.429. The van der Waals surface area contributed by atoms with Gasteiger partial charge in [0.25, 0.3) is 0 Å². The summed E-state index contributed by atoms with van der Waals surface area (Å²) in [5.74, 6) is 8.01. The minimum atomic E-state index is 0.687. The number of aryl methyl sites for hydroxylation is 1. The fourth-order valence-corrected chi connectivity index (χ4v) is 1.89. The number of alkyl halides is 1. The van der Waals surface area contributed by atoms with Crippen LogP contribution in [0.25, 0.3) is 0 Å². The zero-order valence-electron chi connectivity index (χ0n) is 9.26. The highest BCUT2D eigenvalue weighted by molar-refractivity contribution is 6.17. The summed E-state index contributed by atoms with van der Waals surface area (Å²) in [6.07, 6.45) is 4.04. The molecule has 0 unspecified atom stereocenters. The van der Waals surface area contributed by atoms with Crippen LogP contribution in [-0.2, 0) is 6.42 Å². The molecule has 1 nitrogen and oxygen atoms in total. The van der Waals surface area contributed by atoms with E-state index in [9.17, 15) is 0 Å². The second kappa shape index (κ2) is 5.82. The Morgan fingerprint density at radius 1 is 1.38 bits per heavy atom. The number of unbranched alkanes of at least 4 members (excludes halogenated alkanes) is 1. The predicted molar refractivity (Wildman–Crippen MR) is 67.1 cm³/mol. The van der Waals surface area contributed by atoms with Crippen LogP contribution in [0.3, 0.4) is 0 Å². The van der Waals surface area contributed by atoms with Crippen LogP contribution < -0.4 is 4.74 Å². The first kappa shape index (κ1) is 11.4. The van der Waals surface area contributed by atoms with Crippen molar-refractivity contribution >= 4 is 11.6 Å². The van der Waals surface area contributed by atoms with Gasteiger partial charge in [0.1, 0.15) is 5.75 Å². The molecule has 1 aliphatic rings. The van der Waals surface area contributed by atoms with E-state index in [2.05, 4.69) is 17.9 Å². The van der Waals surface area contributed by atoms with Crippen LogP contribution in [0.5, 0.6) is 5.75 Å². The van der Waals surface area contributed by atoms with Crippen molar-refractivity contribution in [1.29, 1.82) is 0 Å². The number of halogens is 1. The monoisotopic (exact) mass is 234 g/mol. The summed E-state index contributed by atoms with van der Waals surface area (Å²) >= 11 is 5.59. The number of ether oxygens (including phenoxy) is 1. The fourth-order valence-electron chi connectivity index (χ4n) is 1.76. The van der Waals surface area contributed by atoms with Crippen LogP contribution in [0.15, 0.2) is 18.2 Å². The lowest BCUT2D eigenvalue weighted by molar-refractivity contribution is 0.288. The van der Waals surface area contributed by atoms with E-state index in [1.807, 2.05) is 12.1 Å². The number of hydrogen-bond acceptors (Lipinski definition) is 1. The first-order chi connectivity index (χ1) is 7.90. The molecular weight excluding hydrogens is 220 g/mol. The Hall–Kier alpha value is -1.13. The van der Waals surface area contributed by atoms with Crippen molar-refractivity contribution in [2.45, 2.75) is 25.7 Å². The van der Waals surface area contributed by atoms with Gasteiger partial charge < -0.3 is 4.74 Å². The first-order valence-electron chi connectivity index (χ1n) is 5.71. The SMILES string of the molecule is ClCCCC#Cc1ccc2c(c1)CCCO2. The molecule has 0 N–H and O–H groups in total. The van der Waals surface area contributed by atoms with Crippen molar-refractivity contribution in [3.63, 3.8) is 0 Å². The third kappa shape index (κ3) is 2.93. The molecule has 0 saturated heterocycles. The van der Waals surface area contributed by atoms with Crippen molar-refractivity contribution < 1.29 is 4.74 Å². The van der Waals surface area contributed by atoms with Gasteiger partial charge >= 0.3 is 0 Å². The van der Waals surface area contributed by atoms with Crippen molar-refractivity contribution in [1.82, 2.24) is 0 Å². The Labute approximate surface area is 102 Å². The van der Waals surface area contributed by atoms with Crippen LogP contribution in [0.4, 0.5) is 0 Å². The van der Waals surface area contributed by atoms with Gasteiger partial charge in [0.15, 0.2) is 0 Å². The van der Waals surface area contributed by atoms with Crippen molar-refractivity contribution in [2.24, 2.45) is 0 Å². The highest BCUT2D eigenvalue weighted by atomic mass is 35.5. The van der Waals surface area contributed by atoms with E-state index < -0.39 is 0 Å². The van der Waals surface area contributed by atoms with Gasteiger partial charge in [0.2, 0.25) is 0 Å². The molecule has 0 spiro atoms. The molecule has 0 fully saturated rings. The van der Waals surface area contributed by atoms with Crippen LogP contribution >= 0.6 is 11.6 Å². The Morgan fingerprint density at radius 3 is 3.19 bits per heavy atom. The molecule has 84 valence electrons. The molecule has 1 heterocycles. The van der Waals surface area contributed by atoms with E-state index in [0.717, 1.165) is 43.6 Å².